The van der Waals surface area contributed by atoms with Gasteiger partial charge in [0.25, 0.3) is 0 Å². The van der Waals surface area contributed by atoms with E-state index in [4.69, 9.17) is 16.0 Å². The molecule has 1 heterocycles. The van der Waals surface area contributed by atoms with E-state index in [0.29, 0.717) is 11.1 Å². The standard InChI is InChI=1S/C9H14ClNO/c1-6(2)8(11-3)7-4-5-12-9(7)10/h4-6,8,11H,1-3H3. The van der Waals surface area contributed by atoms with E-state index in [1.165, 1.54) is 0 Å². The zero-order valence-corrected chi connectivity index (χ0v) is 8.35. The van der Waals surface area contributed by atoms with Crippen LogP contribution < -0.4 is 5.32 Å². The average Bonchev–Trinajstić information content (AvgIpc) is 2.38. The van der Waals surface area contributed by atoms with Crippen molar-refractivity contribution in [1.82, 2.24) is 5.32 Å². The van der Waals surface area contributed by atoms with E-state index in [1.807, 2.05) is 13.1 Å². The van der Waals surface area contributed by atoms with Gasteiger partial charge in [-0.25, -0.2) is 0 Å². The van der Waals surface area contributed by atoms with Gasteiger partial charge in [0.15, 0.2) is 5.22 Å². The highest BCUT2D eigenvalue weighted by Crippen LogP contribution is 2.28. The van der Waals surface area contributed by atoms with Crippen LogP contribution in [0.25, 0.3) is 0 Å². The number of hydrogen-bond donors (Lipinski definition) is 1. The van der Waals surface area contributed by atoms with Crippen LogP contribution in [0.2, 0.25) is 5.22 Å². The summed E-state index contributed by atoms with van der Waals surface area (Å²) < 4.78 is 5.02. The smallest absolute Gasteiger partial charge is 0.197 e. The zero-order valence-electron chi connectivity index (χ0n) is 7.60. The Bertz CT molecular complexity index is 244. The van der Waals surface area contributed by atoms with Gasteiger partial charge in [0.05, 0.1) is 6.26 Å². The Hall–Kier alpha value is -0.470. The van der Waals surface area contributed by atoms with Gasteiger partial charge in [0.2, 0.25) is 0 Å². The van der Waals surface area contributed by atoms with E-state index in [2.05, 4.69) is 19.2 Å². The van der Waals surface area contributed by atoms with Crippen LogP contribution in [0.1, 0.15) is 25.5 Å². The summed E-state index contributed by atoms with van der Waals surface area (Å²) in [6.07, 6.45) is 1.62. The second-order valence-corrected chi connectivity index (χ2v) is 3.50. The highest BCUT2D eigenvalue weighted by molar-refractivity contribution is 6.29. The van der Waals surface area contributed by atoms with Crippen LogP contribution in [0, 0.1) is 5.92 Å². The lowest BCUT2D eigenvalue weighted by Gasteiger charge is -2.18. The number of nitrogens with one attached hydrogen (secondary N) is 1. The maximum Gasteiger partial charge on any atom is 0.197 e. The topological polar surface area (TPSA) is 25.2 Å². The predicted molar refractivity (Wildman–Crippen MR) is 50.4 cm³/mol. The summed E-state index contributed by atoms with van der Waals surface area (Å²) in [5.41, 5.74) is 1.04. The molecular weight excluding hydrogens is 174 g/mol. The van der Waals surface area contributed by atoms with Gasteiger partial charge >= 0.3 is 0 Å². The fourth-order valence-electron chi connectivity index (χ4n) is 1.37. The lowest BCUT2D eigenvalue weighted by atomic mass is 9.99. The van der Waals surface area contributed by atoms with Crippen molar-refractivity contribution in [2.24, 2.45) is 5.92 Å². The van der Waals surface area contributed by atoms with Crippen molar-refractivity contribution in [2.45, 2.75) is 19.9 Å². The van der Waals surface area contributed by atoms with Crippen LogP contribution in [-0.2, 0) is 0 Å². The molecule has 2 nitrogen and oxygen atoms in total. The van der Waals surface area contributed by atoms with Crippen molar-refractivity contribution in [3.05, 3.63) is 23.1 Å². The molecule has 1 N–H and O–H groups in total. The molecule has 0 aliphatic carbocycles. The number of hydrogen-bond acceptors (Lipinski definition) is 2. The molecule has 0 aromatic carbocycles. The first-order valence-corrected chi connectivity index (χ1v) is 4.44. The first-order valence-electron chi connectivity index (χ1n) is 4.07. The summed E-state index contributed by atoms with van der Waals surface area (Å²) in [5, 5.41) is 3.69. The van der Waals surface area contributed by atoms with Crippen LogP contribution in [0.15, 0.2) is 16.7 Å². The highest BCUT2D eigenvalue weighted by atomic mass is 35.5. The van der Waals surface area contributed by atoms with Gasteiger partial charge in [-0.05, 0) is 30.6 Å². The monoisotopic (exact) mass is 187 g/mol. The third kappa shape index (κ3) is 1.82. The lowest BCUT2D eigenvalue weighted by molar-refractivity contribution is 0.437. The van der Waals surface area contributed by atoms with Crippen molar-refractivity contribution in [1.29, 1.82) is 0 Å². The summed E-state index contributed by atoms with van der Waals surface area (Å²) >= 11 is 5.85. The van der Waals surface area contributed by atoms with Gasteiger partial charge in [-0.15, -0.1) is 0 Å². The first kappa shape index (κ1) is 9.62. The van der Waals surface area contributed by atoms with Gasteiger partial charge in [-0.2, -0.15) is 0 Å². The Balaban J connectivity index is 2.87. The van der Waals surface area contributed by atoms with E-state index >= 15 is 0 Å². The summed E-state index contributed by atoms with van der Waals surface area (Å²) in [6, 6.07) is 2.18. The average molecular weight is 188 g/mol. The van der Waals surface area contributed by atoms with Crippen molar-refractivity contribution >= 4 is 11.6 Å². The SMILES string of the molecule is CNC(c1ccoc1Cl)C(C)C. The van der Waals surface area contributed by atoms with Crippen molar-refractivity contribution < 1.29 is 4.42 Å². The van der Waals surface area contributed by atoms with Gasteiger partial charge in [0.1, 0.15) is 0 Å². The zero-order chi connectivity index (χ0) is 9.14. The van der Waals surface area contributed by atoms with Crippen molar-refractivity contribution in [2.75, 3.05) is 7.05 Å². The minimum Gasteiger partial charge on any atom is -0.453 e. The summed E-state index contributed by atoms with van der Waals surface area (Å²) in [7, 11) is 1.92. The number of halogens is 1. The normalized spacial score (nSPS) is 13.8. The maximum atomic E-state index is 5.85. The van der Waals surface area contributed by atoms with E-state index in [-0.39, 0.29) is 6.04 Å². The fraction of sp³-hybridized carbons (Fsp3) is 0.556. The molecule has 0 spiro atoms. The molecular formula is C9H14ClNO. The van der Waals surface area contributed by atoms with E-state index < -0.39 is 0 Å². The Kier molecular flexibility index (Phi) is 3.18. The number of rotatable bonds is 3. The Labute approximate surface area is 77.9 Å². The van der Waals surface area contributed by atoms with Crippen LogP contribution in [0.5, 0.6) is 0 Å². The van der Waals surface area contributed by atoms with Gasteiger partial charge in [-0.1, -0.05) is 13.8 Å². The molecule has 12 heavy (non-hydrogen) atoms. The van der Waals surface area contributed by atoms with Gasteiger partial charge < -0.3 is 9.73 Å². The highest BCUT2D eigenvalue weighted by Gasteiger charge is 2.17. The minimum absolute atomic E-state index is 0.274. The molecule has 0 radical (unpaired) electrons. The van der Waals surface area contributed by atoms with Crippen molar-refractivity contribution in [3.63, 3.8) is 0 Å². The molecule has 0 aliphatic heterocycles. The van der Waals surface area contributed by atoms with E-state index in [9.17, 15) is 0 Å². The third-order valence-corrected chi connectivity index (χ3v) is 2.27. The molecule has 0 aliphatic rings. The second-order valence-electron chi connectivity index (χ2n) is 3.16. The molecule has 1 rings (SSSR count). The fourth-order valence-corrected chi connectivity index (χ4v) is 1.61. The van der Waals surface area contributed by atoms with E-state index in [1.54, 1.807) is 6.26 Å². The van der Waals surface area contributed by atoms with Crippen LogP contribution in [-0.4, -0.2) is 7.05 Å². The minimum atomic E-state index is 0.274. The molecule has 1 unspecified atom stereocenters. The Morgan fingerprint density at radius 3 is 2.50 bits per heavy atom. The van der Waals surface area contributed by atoms with Crippen LogP contribution >= 0.6 is 11.6 Å². The summed E-state index contributed by atoms with van der Waals surface area (Å²) in [6.45, 7) is 4.29. The third-order valence-electron chi connectivity index (χ3n) is 1.96. The number of furan rings is 1. The molecule has 0 bridgehead atoms. The largest absolute Gasteiger partial charge is 0.453 e. The molecule has 0 amide bonds. The molecule has 68 valence electrons. The maximum absolute atomic E-state index is 5.85. The lowest BCUT2D eigenvalue weighted by Crippen LogP contribution is -2.21. The molecule has 1 aromatic rings. The molecule has 1 aromatic heterocycles. The predicted octanol–water partition coefficient (Wildman–Crippen LogP) is 2.85. The first-order chi connectivity index (χ1) is 5.66. The van der Waals surface area contributed by atoms with Crippen LogP contribution in [0.3, 0.4) is 0 Å². The molecule has 0 saturated heterocycles. The second kappa shape index (κ2) is 3.97. The molecule has 0 saturated carbocycles. The summed E-state index contributed by atoms with van der Waals surface area (Å²) in [5.74, 6) is 0.505. The summed E-state index contributed by atoms with van der Waals surface area (Å²) in [4.78, 5) is 0. The Morgan fingerprint density at radius 2 is 2.17 bits per heavy atom. The molecule has 0 fully saturated rings. The molecule has 1 atom stereocenters. The molecule has 3 heteroatoms. The van der Waals surface area contributed by atoms with Crippen LogP contribution in [0.4, 0.5) is 0 Å². The van der Waals surface area contributed by atoms with Crippen molar-refractivity contribution in [3.8, 4) is 0 Å². The van der Waals surface area contributed by atoms with Gasteiger partial charge in [-0.3, -0.25) is 0 Å². The quantitative estimate of drug-likeness (QED) is 0.788. The van der Waals surface area contributed by atoms with Gasteiger partial charge in [0, 0.05) is 11.6 Å². The van der Waals surface area contributed by atoms with E-state index in [0.717, 1.165) is 5.56 Å². The Morgan fingerprint density at radius 1 is 1.50 bits per heavy atom.